The van der Waals surface area contributed by atoms with Crippen LogP contribution in [0.3, 0.4) is 0 Å². The number of nitrogens with one attached hydrogen (secondary N) is 1. The van der Waals surface area contributed by atoms with E-state index in [1.54, 1.807) is 12.1 Å². The normalized spacial score (nSPS) is 11.7. The second kappa shape index (κ2) is 13.2. The third-order valence-electron chi connectivity index (χ3n) is 4.27. The summed E-state index contributed by atoms with van der Waals surface area (Å²) in [6, 6.07) is 7.21. The summed E-state index contributed by atoms with van der Waals surface area (Å²) in [4.78, 5) is 24.0. The molecule has 0 fully saturated rings. The van der Waals surface area contributed by atoms with Crippen LogP contribution in [0.25, 0.3) is 0 Å². The van der Waals surface area contributed by atoms with Gasteiger partial charge in [-0.15, -0.1) is 0 Å². The largest absolute Gasteiger partial charge is 0.462 e. The molecule has 1 unspecified atom stereocenters. The van der Waals surface area contributed by atoms with Crippen molar-refractivity contribution in [2.75, 3.05) is 25.1 Å². The van der Waals surface area contributed by atoms with Gasteiger partial charge in [-0.2, -0.15) is 0 Å². The number of carbonyl (C=O) groups is 2. The molecule has 1 aromatic rings. The van der Waals surface area contributed by atoms with Crippen LogP contribution in [0.2, 0.25) is 0 Å². The molecule has 0 amide bonds. The molecule has 5 nitrogen and oxygen atoms in total. The van der Waals surface area contributed by atoms with Gasteiger partial charge in [0.25, 0.3) is 0 Å². The summed E-state index contributed by atoms with van der Waals surface area (Å²) >= 11 is 0. The van der Waals surface area contributed by atoms with Gasteiger partial charge in [-0.1, -0.05) is 40.0 Å². The molecule has 26 heavy (non-hydrogen) atoms. The van der Waals surface area contributed by atoms with Gasteiger partial charge < -0.3 is 14.8 Å². The topological polar surface area (TPSA) is 64.6 Å². The number of benzene rings is 1. The lowest BCUT2D eigenvalue weighted by Gasteiger charge is -2.13. The Morgan fingerprint density at radius 2 is 1.62 bits per heavy atom. The average Bonchev–Trinajstić information content (AvgIpc) is 2.66. The summed E-state index contributed by atoms with van der Waals surface area (Å²) in [5, 5.41) is 3.30. The monoisotopic (exact) mass is 363 g/mol. The first-order chi connectivity index (χ1) is 12.6. The van der Waals surface area contributed by atoms with E-state index in [-0.39, 0.29) is 25.1 Å². The quantitative estimate of drug-likeness (QED) is 0.402. The Hall–Kier alpha value is -2.04. The van der Waals surface area contributed by atoms with E-state index in [1.807, 2.05) is 19.1 Å². The van der Waals surface area contributed by atoms with Crippen LogP contribution in [0, 0.1) is 5.92 Å². The second-order valence-corrected chi connectivity index (χ2v) is 6.41. The number of hydrogen-bond donors (Lipinski definition) is 1. The van der Waals surface area contributed by atoms with E-state index in [9.17, 15) is 9.59 Å². The Bertz CT molecular complexity index is 527. The zero-order chi connectivity index (χ0) is 19.2. The van der Waals surface area contributed by atoms with Crippen LogP contribution < -0.4 is 5.32 Å². The van der Waals surface area contributed by atoms with E-state index < -0.39 is 5.97 Å². The first-order valence-corrected chi connectivity index (χ1v) is 9.80. The minimum atomic E-state index is -0.404. The third kappa shape index (κ3) is 8.37. The fraction of sp³-hybridized carbons (Fsp3) is 0.619. The molecule has 0 aliphatic carbocycles. The van der Waals surface area contributed by atoms with Gasteiger partial charge in [0, 0.05) is 12.2 Å². The lowest BCUT2D eigenvalue weighted by Crippen LogP contribution is -2.20. The fourth-order valence-electron chi connectivity index (χ4n) is 2.55. The standard InChI is InChI=1S/C21H33NO4/c1-4-7-9-17(6-3)20(23)25-15-16-26-21(24)18-10-12-19(13-11-18)22-14-8-5-2/h10-13,17,22H,4-9,14-16H2,1-3H3. The van der Waals surface area contributed by atoms with Gasteiger partial charge in [0.2, 0.25) is 0 Å². The van der Waals surface area contributed by atoms with Crippen molar-refractivity contribution in [1.82, 2.24) is 0 Å². The fourth-order valence-corrected chi connectivity index (χ4v) is 2.55. The first-order valence-electron chi connectivity index (χ1n) is 9.80. The van der Waals surface area contributed by atoms with E-state index in [2.05, 4.69) is 19.2 Å². The second-order valence-electron chi connectivity index (χ2n) is 6.41. The lowest BCUT2D eigenvalue weighted by molar-refractivity contribution is -0.150. The van der Waals surface area contributed by atoms with E-state index in [0.29, 0.717) is 5.56 Å². The van der Waals surface area contributed by atoms with Crippen molar-refractivity contribution in [3.63, 3.8) is 0 Å². The molecule has 1 N–H and O–H groups in total. The molecule has 0 aromatic heterocycles. The molecule has 0 saturated carbocycles. The van der Waals surface area contributed by atoms with Gasteiger partial charge in [-0.3, -0.25) is 4.79 Å². The number of esters is 2. The van der Waals surface area contributed by atoms with Crippen molar-refractivity contribution < 1.29 is 19.1 Å². The maximum Gasteiger partial charge on any atom is 0.338 e. The maximum atomic E-state index is 12.0. The number of hydrogen-bond acceptors (Lipinski definition) is 5. The van der Waals surface area contributed by atoms with Gasteiger partial charge in [-0.25, -0.2) is 4.79 Å². The van der Waals surface area contributed by atoms with E-state index in [0.717, 1.165) is 50.8 Å². The minimum Gasteiger partial charge on any atom is -0.462 e. The average molecular weight is 363 g/mol. The van der Waals surface area contributed by atoms with Crippen molar-refractivity contribution in [3.8, 4) is 0 Å². The molecule has 0 aliphatic heterocycles. The van der Waals surface area contributed by atoms with Crippen LogP contribution in [0.4, 0.5) is 5.69 Å². The van der Waals surface area contributed by atoms with E-state index >= 15 is 0 Å². The summed E-state index contributed by atoms with van der Waals surface area (Å²) in [5.74, 6) is -0.655. The zero-order valence-electron chi connectivity index (χ0n) is 16.4. The molecular weight excluding hydrogens is 330 g/mol. The molecule has 0 saturated heterocycles. The van der Waals surface area contributed by atoms with Crippen molar-refractivity contribution in [2.24, 2.45) is 5.92 Å². The van der Waals surface area contributed by atoms with Gasteiger partial charge in [0.1, 0.15) is 13.2 Å². The van der Waals surface area contributed by atoms with Crippen LogP contribution in [0.15, 0.2) is 24.3 Å². The van der Waals surface area contributed by atoms with Crippen LogP contribution in [0.5, 0.6) is 0 Å². The molecule has 0 radical (unpaired) electrons. The zero-order valence-corrected chi connectivity index (χ0v) is 16.4. The summed E-state index contributed by atoms with van der Waals surface area (Å²) < 4.78 is 10.4. The Balaban J connectivity index is 2.30. The smallest absolute Gasteiger partial charge is 0.338 e. The predicted octanol–water partition coefficient (Wildman–Crippen LogP) is 4.82. The molecule has 0 aliphatic rings. The number of rotatable bonds is 13. The third-order valence-corrected chi connectivity index (χ3v) is 4.27. The highest BCUT2D eigenvalue weighted by atomic mass is 16.6. The lowest BCUT2D eigenvalue weighted by atomic mass is 10.00. The highest BCUT2D eigenvalue weighted by Gasteiger charge is 2.17. The van der Waals surface area contributed by atoms with Crippen molar-refractivity contribution in [2.45, 2.75) is 59.3 Å². The van der Waals surface area contributed by atoms with Gasteiger partial charge in [0.05, 0.1) is 11.5 Å². The van der Waals surface area contributed by atoms with Crippen molar-refractivity contribution in [3.05, 3.63) is 29.8 Å². The summed E-state index contributed by atoms with van der Waals surface area (Å²) in [6.45, 7) is 7.33. The molecule has 0 bridgehead atoms. The molecule has 146 valence electrons. The summed E-state index contributed by atoms with van der Waals surface area (Å²) in [6.07, 6.45) is 5.96. The van der Waals surface area contributed by atoms with Crippen LogP contribution in [-0.2, 0) is 14.3 Å². The van der Waals surface area contributed by atoms with Crippen LogP contribution in [0.1, 0.15) is 69.7 Å². The van der Waals surface area contributed by atoms with E-state index in [1.165, 1.54) is 0 Å². The Labute approximate surface area is 157 Å². The number of ether oxygens (including phenoxy) is 2. The maximum absolute atomic E-state index is 12.0. The SMILES string of the molecule is CCCCNc1ccc(C(=O)OCCOC(=O)C(CC)CCCC)cc1. The molecular formula is C21H33NO4. The molecule has 1 atom stereocenters. The Morgan fingerprint density at radius 3 is 2.23 bits per heavy atom. The van der Waals surface area contributed by atoms with Gasteiger partial charge >= 0.3 is 11.9 Å². The van der Waals surface area contributed by atoms with Crippen LogP contribution in [-0.4, -0.2) is 31.7 Å². The van der Waals surface area contributed by atoms with Crippen molar-refractivity contribution >= 4 is 17.6 Å². The number of unbranched alkanes of at least 4 members (excludes halogenated alkanes) is 2. The summed E-state index contributed by atoms with van der Waals surface area (Å²) in [5.41, 5.74) is 1.48. The van der Waals surface area contributed by atoms with Crippen molar-refractivity contribution in [1.29, 1.82) is 0 Å². The first kappa shape index (κ1) is 22.0. The Kier molecular flexibility index (Phi) is 11.2. The van der Waals surface area contributed by atoms with Gasteiger partial charge in [-0.05, 0) is 43.5 Å². The molecule has 1 aromatic carbocycles. The molecule has 5 heteroatoms. The Morgan fingerprint density at radius 1 is 0.962 bits per heavy atom. The number of anilines is 1. The van der Waals surface area contributed by atoms with E-state index in [4.69, 9.17) is 9.47 Å². The molecule has 0 heterocycles. The van der Waals surface area contributed by atoms with Crippen LogP contribution >= 0.6 is 0 Å². The van der Waals surface area contributed by atoms with Gasteiger partial charge in [0.15, 0.2) is 0 Å². The highest BCUT2D eigenvalue weighted by molar-refractivity contribution is 5.89. The summed E-state index contributed by atoms with van der Waals surface area (Å²) in [7, 11) is 0. The number of carbonyl (C=O) groups excluding carboxylic acids is 2. The highest BCUT2D eigenvalue weighted by Crippen LogP contribution is 2.14. The molecule has 0 spiro atoms. The minimum absolute atomic E-state index is 0.0570. The molecule has 1 rings (SSSR count). The predicted molar refractivity (Wildman–Crippen MR) is 104 cm³/mol.